The maximum Gasteiger partial charge on any atom is 0.262 e. The van der Waals surface area contributed by atoms with Gasteiger partial charge in [0.25, 0.3) is 5.91 Å². The lowest BCUT2D eigenvalue weighted by Gasteiger charge is -2.17. The van der Waals surface area contributed by atoms with Crippen molar-refractivity contribution in [3.63, 3.8) is 0 Å². The average Bonchev–Trinajstić information content (AvgIpc) is 2.87. The quantitative estimate of drug-likeness (QED) is 0.197. The molecule has 1 unspecified atom stereocenters. The molecule has 3 aromatic rings. The normalized spacial score (nSPS) is 13.4. The van der Waals surface area contributed by atoms with Crippen LogP contribution in [0.4, 0.5) is 0 Å². The van der Waals surface area contributed by atoms with Crippen LogP contribution in [0.3, 0.4) is 0 Å². The predicted molar refractivity (Wildman–Crippen MR) is 146 cm³/mol. The van der Waals surface area contributed by atoms with Crippen LogP contribution in [-0.2, 0) is 24.8 Å². The van der Waals surface area contributed by atoms with Gasteiger partial charge in [-0.25, -0.2) is 31.8 Å². The van der Waals surface area contributed by atoms with Crippen LogP contribution in [0.25, 0.3) is 22.9 Å². The van der Waals surface area contributed by atoms with Crippen LogP contribution in [0.5, 0.6) is 0 Å². The summed E-state index contributed by atoms with van der Waals surface area (Å²) in [6.07, 6.45) is 6.05. The van der Waals surface area contributed by atoms with E-state index in [1.54, 1.807) is 36.4 Å². The molecule has 1 atom stereocenters. The van der Waals surface area contributed by atoms with E-state index in [0.717, 1.165) is 21.9 Å². The zero-order chi connectivity index (χ0) is 26.9. The first kappa shape index (κ1) is 28.5. The molecule has 37 heavy (non-hydrogen) atoms. The topological polar surface area (TPSA) is 142 Å². The second-order valence-electron chi connectivity index (χ2n) is 7.98. The largest absolute Gasteiger partial charge is 0.289 e. The Kier molecular flexibility index (Phi) is 9.98. The molecule has 0 aliphatic carbocycles. The fourth-order valence-corrected chi connectivity index (χ4v) is 5.47. The van der Waals surface area contributed by atoms with Crippen molar-refractivity contribution in [1.29, 1.82) is 0 Å². The van der Waals surface area contributed by atoms with Crippen molar-refractivity contribution in [2.24, 2.45) is 0 Å². The van der Waals surface area contributed by atoms with Crippen molar-refractivity contribution in [1.82, 2.24) is 14.9 Å². The summed E-state index contributed by atoms with van der Waals surface area (Å²) in [5, 5.41) is 11.5. The third kappa shape index (κ3) is 9.08. The van der Waals surface area contributed by atoms with Gasteiger partial charge in [-0.2, -0.15) is 0 Å². The summed E-state index contributed by atoms with van der Waals surface area (Å²) in [4.78, 5) is 12.0. The number of halogens is 1. The van der Waals surface area contributed by atoms with Crippen LogP contribution in [0.1, 0.15) is 11.1 Å². The van der Waals surface area contributed by atoms with Gasteiger partial charge in [0.1, 0.15) is 6.04 Å². The number of hydrogen-bond donors (Lipinski definition) is 4. The monoisotopic (exact) mass is 563 g/mol. The standard InChI is InChI=1S/C25H26ClN3O6S2/c26-22-14-12-19(13-15-22)6-4-16-36(32,33)27-18-24(25(30)28-31)29-37(34,35)17-5-10-21-9-3-8-20-7-1-2-11-23(20)21/h1-15,24,27,29,31H,16-18H2,(H,28,30). The molecular weight excluding hydrogens is 538 g/mol. The van der Waals surface area contributed by atoms with Crippen molar-refractivity contribution >= 4 is 60.5 Å². The number of hydrogen-bond acceptors (Lipinski definition) is 6. The summed E-state index contributed by atoms with van der Waals surface area (Å²) >= 11 is 5.82. The molecule has 0 fully saturated rings. The van der Waals surface area contributed by atoms with E-state index in [4.69, 9.17) is 16.8 Å². The van der Waals surface area contributed by atoms with Gasteiger partial charge >= 0.3 is 0 Å². The van der Waals surface area contributed by atoms with Gasteiger partial charge in [0, 0.05) is 11.6 Å². The van der Waals surface area contributed by atoms with E-state index in [2.05, 4.69) is 9.44 Å². The van der Waals surface area contributed by atoms with Gasteiger partial charge in [0.2, 0.25) is 20.0 Å². The van der Waals surface area contributed by atoms with E-state index in [1.807, 2.05) is 42.5 Å². The molecule has 0 aliphatic heterocycles. The van der Waals surface area contributed by atoms with Crippen LogP contribution in [0.15, 0.2) is 78.9 Å². The van der Waals surface area contributed by atoms with Gasteiger partial charge in [0.15, 0.2) is 0 Å². The van der Waals surface area contributed by atoms with Crippen molar-refractivity contribution in [2.75, 3.05) is 18.1 Å². The third-order valence-corrected chi connectivity index (χ3v) is 7.95. The summed E-state index contributed by atoms with van der Waals surface area (Å²) in [6.45, 7) is -0.601. The van der Waals surface area contributed by atoms with Gasteiger partial charge in [-0.1, -0.05) is 90.5 Å². The molecule has 1 amide bonds. The average molecular weight is 564 g/mol. The minimum atomic E-state index is -4.05. The molecule has 196 valence electrons. The number of carbonyl (C=O) groups excluding carboxylic acids is 1. The van der Waals surface area contributed by atoms with Gasteiger partial charge in [-0.05, 0) is 34.0 Å². The smallest absolute Gasteiger partial charge is 0.262 e. The molecule has 9 nitrogen and oxygen atoms in total. The Bertz CT molecular complexity index is 1500. The Hall–Kier alpha value is -3.06. The zero-order valence-electron chi connectivity index (χ0n) is 19.5. The highest BCUT2D eigenvalue weighted by Crippen LogP contribution is 2.19. The number of nitrogens with one attached hydrogen (secondary N) is 3. The second-order valence-corrected chi connectivity index (χ2v) is 12.1. The van der Waals surface area contributed by atoms with E-state index in [9.17, 15) is 21.6 Å². The second kappa shape index (κ2) is 13.0. The molecule has 0 aromatic heterocycles. The Labute approximate surface area is 220 Å². The number of rotatable bonds is 12. The minimum Gasteiger partial charge on any atom is -0.289 e. The molecule has 0 aliphatic rings. The van der Waals surface area contributed by atoms with Gasteiger partial charge in [0.05, 0.1) is 11.5 Å². The van der Waals surface area contributed by atoms with E-state index >= 15 is 0 Å². The zero-order valence-corrected chi connectivity index (χ0v) is 21.9. The lowest BCUT2D eigenvalue weighted by molar-refractivity contribution is -0.130. The third-order valence-electron chi connectivity index (χ3n) is 5.19. The highest BCUT2D eigenvalue weighted by Gasteiger charge is 2.25. The molecule has 12 heteroatoms. The summed E-state index contributed by atoms with van der Waals surface area (Å²) in [5.74, 6) is -1.99. The van der Waals surface area contributed by atoms with E-state index in [1.165, 1.54) is 17.6 Å². The fourth-order valence-electron chi connectivity index (χ4n) is 3.38. The molecule has 0 saturated carbocycles. The van der Waals surface area contributed by atoms with Gasteiger partial charge in [-0.3, -0.25) is 10.0 Å². The Balaban J connectivity index is 1.60. The lowest BCUT2D eigenvalue weighted by Crippen LogP contribution is -2.52. The summed E-state index contributed by atoms with van der Waals surface area (Å²) in [6, 6.07) is 18.5. The van der Waals surface area contributed by atoms with Crippen LogP contribution >= 0.6 is 11.6 Å². The molecule has 4 N–H and O–H groups in total. The van der Waals surface area contributed by atoms with E-state index in [0.29, 0.717) is 5.02 Å². The molecule has 0 bridgehead atoms. The van der Waals surface area contributed by atoms with Gasteiger partial charge < -0.3 is 0 Å². The SMILES string of the molecule is O=C(NO)C(CNS(=O)(=O)CC=Cc1ccc(Cl)cc1)NS(=O)(=O)CC=Cc1cccc2ccccc12. The van der Waals surface area contributed by atoms with Crippen LogP contribution in [0.2, 0.25) is 5.02 Å². The lowest BCUT2D eigenvalue weighted by atomic mass is 10.0. The van der Waals surface area contributed by atoms with Crippen molar-refractivity contribution in [2.45, 2.75) is 6.04 Å². The number of amides is 1. The predicted octanol–water partition coefficient (Wildman–Crippen LogP) is 2.93. The number of carbonyl (C=O) groups is 1. The van der Waals surface area contributed by atoms with Crippen molar-refractivity contribution in [3.8, 4) is 0 Å². The molecule has 3 rings (SSSR count). The first-order chi connectivity index (χ1) is 17.6. The number of sulfonamides is 2. The maximum atomic E-state index is 12.6. The molecule has 0 heterocycles. The Morgan fingerprint density at radius 2 is 1.51 bits per heavy atom. The first-order valence-corrected chi connectivity index (χ1v) is 14.7. The van der Waals surface area contributed by atoms with Crippen LogP contribution in [0, 0.1) is 0 Å². The summed E-state index contributed by atoms with van der Waals surface area (Å²) in [7, 11) is -7.95. The van der Waals surface area contributed by atoms with E-state index in [-0.39, 0.29) is 0 Å². The van der Waals surface area contributed by atoms with Crippen LogP contribution < -0.4 is 14.9 Å². The highest BCUT2D eigenvalue weighted by atomic mass is 35.5. The molecule has 0 radical (unpaired) electrons. The summed E-state index contributed by atoms with van der Waals surface area (Å²) < 4.78 is 54.1. The van der Waals surface area contributed by atoms with Crippen LogP contribution in [-0.4, -0.2) is 52.0 Å². The maximum absolute atomic E-state index is 12.6. The Morgan fingerprint density at radius 1 is 0.865 bits per heavy atom. The molecular formula is C25H26ClN3O6S2. The number of hydroxylamine groups is 1. The summed E-state index contributed by atoms with van der Waals surface area (Å²) in [5.41, 5.74) is 2.91. The van der Waals surface area contributed by atoms with Crippen molar-refractivity contribution < 1.29 is 26.8 Å². The van der Waals surface area contributed by atoms with Gasteiger partial charge in [-0.15, -0.1) is 0 Å². The number of benzene rings is 3. The number of fused-ring (bicyclic) bond motifs is 1. The van der Waals surface area contributed by atoms with Crippen molar-refractivity contribution in [3.05, 3.63) is 95.0 Å². The molecule has 0 spiro atoms. The highest BCUT2D eigenvalue weighted by molar-refractivity contribution is 7.90. The molecule has 3 aromatic carbocycles. The minimum absolute atomic E-state index is 0.413. The molecule has 0 saturated heterocycles. The fraction of sp³-hybridized carbons (Fsp3) is 0.160. The van der Waals surface area contributed by atoms with E-state index < -0.39 is 50.0 Å². The first-order valence-electron chi connectivity index (χ1n) is 11.1. The Morgan fingerprint density at radius 3 is 2.24 bits per heavy atom.